The minimum atomic E-state index is 0.631. The van der Waals surface area contributed by atoms with Crippen molar-refractivity contribution in [2.45, 2.75) is 27.2 Å². The van der Waals surface area contributed by atoms with Gasteiger partial charge in [0.25, 0.3) is 0 Å². The van der Waals surface area contributed by atoms with Gasteiger partial charge in [-0.05, 0) is 57.1 Å². The fourth-order valence-electron chi connectivity index (χ4n) is 1.79. The van der Waals surface area contributed by atoms with E-state index in [9.17, 15) is 0 Å². The first-order valence-electron chi connectivity index (χ1n) is 7.11. The van der Waals surface area contributed by atoms with Gasteiger partial charge in [0.05, 0.1) is 13.2 Å². The topological polar surface area (TPSA) is 42.5 Å². The van der Waals surface area contributed by atoms with E-state index < -0.39 is 0 Å². The van der Waals surface area contributed by atoms with Crippen molar-refractivity contribution in [2.75, 3.05) is 26.3 Å². The lowest BCUT2D eigenvalue weighted by molar-refractivity contribution is 0.287. The van der Waals surface area contributed by atoms with Gasteiger partial charge in [-0.2, -0.15) is 0 Å². The van der Waals surface area contributed by atoms with Crippen molar-refractivity contribution in [1.82, 2.24) is 10.6 Å². The van der Waals surface area contributed by atoms with Gasteiger partial charge in [0, 0.05) is 13.1 Å². The predicted octanol–water partition coefficient (Wildman–Crippen LogP) is 2.51. The van der Waals surface area contributed by atoms with Crippen LogP contribution in [0.3, 0.4) is 0 Å². The van der Waals surface area contributed by atoms with E-state index in [1.807, 2.05) is 32.9 Å². The number of hydrogen-bond acceptors (Lipinski definition) is 3. The van der Waals surface area contributed by atoms with Crippen LogP contribution in [0.25, 0.3) is 0 Å². The smallest absolute Gasteiger partial charge is 0.166 e. The third kappa shape index (κ3) is 5.65. The molecule has 2 N–H and O–H groups in total. The Morgan fingerprint density at radius 2 is 1.75 bits per heavy atom. The molecular weight excluding hydrogens is 272 g/mol. The lowest BCUT2D eigenvalue weighted by atomic mass is 10.1. The Morgan fingerprint density at radius 1 is 1.05 bits per heavy atom. The van der Waals surface area contributed by atoms with Crippen LogP contribution < -0.4 is 20.1 Å². The molecule has 5 heteroatoms. The van der Waals surface area contributed by atoms with Crippen molar-refractivity contribution in [1.29, 1.82) is 0 Å². The van der Waals surface area contributed by atoms with Gasteiger partial charge < -0.3 is 20.1 Å². The number of ether oxygens (including phenoxy) is 2. The van der Waals surface area contributed by atoms with E-state index in [-0.39, 0.29) is 0 Å². The maximum atomic E-state index is 5.61. The molecule has 0 aliphatic rings. The fourth-order valence-corrected chi connectivity index (χ4v) is 2.04. The van der Waals surface area contributed by atoms with Gasteiger partial charge in [0.2, 0.25) is 0 Å². The van der Waals surface area contributed by atoms with E-state index in [2.05, 4.69) is 16.7 Å². The van der Waals surface area contributed by atoms with Crippen molar-refractivity contribution in [3.05, 3.63) is 23.8 Å². The largest absolute Gasteiger partial charge is 0.490 e. The van der Waals surface area contributed by atoms with Crippen LogP contribution in [0.5, 0.6) is 11.5 Å². The Balaban J connectivity index is 2.57. The molecule has 4 nitrogen and oxygen atoms in total. The first-order chi connectivity index (χ1) is 9.71. The fraction of sp³-hybridized carbons (Fsp3) is 0.533. The summed E-state index contributed by atoms with van der Waals surface area (Å²) in [4.78, 5) is 0. The molecule has 0 aromatic heterocycles. The maximum Gasteiger partial charge on any atom is 0.166 e. The van der Waals surface area contributed by atoms with Crippen molar-refractivity contribution in [2.24, 2.45) is 0 Å². The average molecular weight is 296 g/mol. The van der Waals surface area contributed by atoms with E-state index in [1.54, 1.807) is 0 Å². The molecule has 1 aromatic rings. The Kier molecular flexibility index (Phi) is 7.80. The van der Waals surface area contributed by atoms with E-state index in [4.69, 9.17) is 21.7 Å². The van der Waals surface area contributed by atoms with Crippen LogP contribution in [0, 0.1) is 0 Å². The molecule has 0 aliphatic carbocycles. The molecule has 20 heavy (non-hydrogen) atoms. The average Bonchev–Trinajstić information content (AvgIpc) is 2.42. The predicted molar refractivity (Wildman–Crippen MR) is 86.8 cm³/mol. The number of hydrogen-bond donors (Lipinski definition) is 2. The summed E-state index contributed by atoms with van der Waals surface area (Å²) in [7, 11) is 0. The van der Waals surface area contributed by atoms with Gasteiger partial charge in [-0.25, -0.2) is 0 Å². The molecule has 1 rings (SSSR count). The number of benzene rings is 1. The van der Waals surface area contributed by atoms with Crippen molar-refractivity contribution in [3.8, 4) is 11.5 Å². The summed E-state index contributed by atoms with van der Waals surface area (Å²) in [6.45, 7) is 8.86. The first kappa shape index (κ1) is 16.6. The zero-order valence-corrected chi connectivity index (χ0v) is 13.3. The van der Waals surface area contributed by atoms with Crippen LogP contribution in [0.2, 0.25) is 0 Å². The summed E-state index contributed by atoms with van der Waals surface area (Å²) < 4.78 is 11.2. The molecule has 112 valence electrons. The van der Waals surface area contributed by atoms with Gasteiger partial charge in [-0.3, -0.25) is 0 Å². The molecule has 0 aliphatic heterocycles. The minimum absolute atomic E-state index is 0.631. The highest BCUT2D eigenvalue weighted by Crippen LogP contribution is 2.28. The van der Waals surface area contributed by atoms with E-state index in [0.717, 1.165) is 31.0 Å². The van der Waals surface area contributed by atoms with Gasteiger partial charge in [0.15, 0.2) is 16.6 Å². The Morgan fingerprint density at radius 3 is 2.40 bits per heavy atom. The quantitative estimate of drug-likeness (QED) is 0.722. The molecule has 1 aromatic carbocycles. The molecule has 0 saturated carbocycles. The highest BCUT2D eigenvalue weighted by atomic mass is 32.1. The number of nitrogens with one attached hydrogen (secondary N) is 2. The second kappa shape index (κ2) is 9.42. The standard InChI is InChI=1S/C15H24N2O2S/c1-4-16-15(20)17-10-9-12-7-8-13(18-5-2)14(11-12)19-6-3/h7-8,11H,4-6,9-10H2,1-3H3,(H2,16,17,20). The van der Waals surface area contributed by atoms with Crippen LogP contribution in [-0.2, 0) is 6.42 Å². The molecule has 0 fully saturated rings. The molecule has 0 spiro atoms. The Labute approximate surface area is 126 Å². The van der Waals surface area contributed by atoms with Crippen LogP contribution in [-0.4, -0.2) is 31.4 Å². The van der Waals surface area contributed by atoms with E-state index in [1.165, 1.54) is 5.56 Å². The van der Waals surface area contributed by atoms with Gasteiger partial charge >= 0.3 is 0 Å². The zero-order valence-electron chi connectivity index (χ0n) is 12.5. The molecule has 0 heterocycles. The molecule has 0 unspecified atom stereocenters. The lowest BCUT2D eigenvalue weighted by Crippen LogP contribution is -2.36. The Hall–Kier alpha value is -1.49. The third-order valence-corrected chi connectivity index (χ3v) is 2.93. The normalized spacial score (nSPS) is 9.95. The van der Waals surface area contributed by atoms with Crippen LogP contribution in [0.4, 0.5) is 0 Å². The summed E-state index contributed by atoms with van der Waals surface area (Å²) in [5.41, 5.74) is 1.20. The molecular formula is C15H24N2O2S. The van der Waals surface area contributed by atoms with Crippen molar-refractivity contribution >= 4 is 17.3 Å². The van der Waals surface area contributed by atoms with Crippen LogP contribution in [0.1, 0.15) is 26.3 Å². The summed E-state index contributed by atoms with van der Waals surface area (Å²) in [5, 5.41) is 6.93. The van der Waals surface area contributed by atoms with E-state index in [0.29, 0.717) is 18.3 Å². The molecule has 0 radical (unpaired) electrons. The lowest BCUT2D eigenvalue weighted by Gasteiger charge is -2.13. The number of rotatable bonds is 8. The van der Waals surface area contributed by atoms with Gasteiger partial charge in [-0.15, -0.1) is 0 Å². The summed E-state index contributed by atoms with van der Waals surface area (Å²) >= 11 is 5.12. The first-order valence-corrected chi connectivity index (χ1v) is 7.52. The SMILES string of the molecule is CCNC(=S)NCCc1ccc(OCC)c(OCC)c1. The van der Waals surface area contributed by atoms with Crippen molar-refractivity contribution < 1.29 is 9.47 Å². The summed E-state index contributed by atoms with van der Waals surface area (Å²) in [6, 6.07) is 6.06. The second-order valence-corrected chi connectivity index (χ2v) is 4.59. The highest BCUT2D eigenvalue weighted by molar-refractivity contribution is 7.80. The zero-order chi connectivity index (χ0) is 14.8. The van der Waals surface area contributed by atoms with E-state index >= 15 is 0 Å². The molecule has 0 bridgehead atoms. The van der Waals surface area contributed by atoms with Crippen LogP contribution in [0.15, 0.2) is 18.2 Å². The number of thiocarbonyl (C=S) groups is 1. The Bertz CT molecular complexity index is 424. The summed E-state index contributed by atoms with van der Waals surface area (Å²) in [6.07, 6.45) is 0.887. The molecule has 0 saturated heterocycles. The third-order valence-electron chi connectivity index (χ3n) is 2.64. The van der Waals surface area contributed by atoms with Gasteiger partial charge in [-0.1, -0.05) is 6.07 Å². The summed E-state index contributed by atoms with van der Waals surface area (Å²) in [5.74, 6) is 1.61. The van der Waals surface area contributed by atoms with Crippen molar-refractivity contribution in [3.63, 3.8) is 0 Å². The minimum Gasteiger partial charge on any atom is -0.490 e. The van der Waals surface area contributed by atoms with Gasteiger partial charge in [0.1, 0.15) is 0 Å². The monoisotopic (exact) mass is 296 g/mol. The second-order valence-electron chi connectivity index (χ2n) is 4.18. The molecule has 0 amide bonds. The maximum absolute atomic E-state index is 5.61. The molecule has 0 atom stereocenters. The highest BCUT2D eigenvalue weighted by Gasteiger charge is 2.06. The van der Waals surface area contributed by atoms with Crippen LogP contribution >= 0.6 is 12.2 Å².